The zero-order chi connectivity index (χ0) is 12.5. The third-order valence-corrected chi connectivity index (χ3v) is 3.76. The molecule has 0 unspecified atom stereocenters. The standard InChI is InChI=1S/C13H9FN2OS/c14-13(17)16-9-5-3-7-11-12(9)15-8-4-1-2-6-10(8)18-11/h1-7,15H,(H,16,17). The van der Waals surface area contributed by atoms with Crippen LogP contribution in [-0.4, -0.2) is 6.16 Å². The first-order valence-corrected chi connectivity index (χ1v) is 6.19. The summed E-state index contributed by atoms with van der Waals surface area (Å²) >= 11 is 1.59. The number of hydrogen-bond donors (Lipinski definition) is 2. The van der Waals surface area contributed by atoms with Gasteiger partial charge in [0, 0.05) is 9.79 Å². The van der Waals surface area contributed by atoms with Crippen molar-refractivity contribution in [1.29, 1.82) is 0 Å². The molecule has 0 aromatic heterocycles. The molecule has 0 radical (unpaired) electrons. The van der Waals surface area contributed by atoms with Crippen LogP contribution in [0.15, 0.2) is 52.3 Å². The molecule has 18 heavy (non-hydrogen) atoms. The average Bonchev–Trinajstić information content (AvgIpc) is 2.36. The first kappa shape index (κ1) is 11.1. The molecule has 0 aliphatic carbocycles. The second-order valence-corrected chi connectivity index (χ2v) is 4.88. The SMILES string of the molecule is O=C(F)Nc1cccc2c1Nc1ccccc1S2. The molecule has 1 amide bonds. The number of carbonyl (C=O) groups excluding carboxylic acids is 1. The number of benzene rings is 2. The molecule has 90 valence electrons. The average molecular weight is 260 g/mol. The topological polar surface area (TPSA) is 41.1 Å². The number of amides is 1. The smallest absolute Gasteiger partial charge is 0.352 e. The van der Waals surface area contributed by atoms with E-state index in [9.17, 15) is 9.18 Å². The molecule has 3 nitrogen and oxygen atoms in total. The van der Waals surface area contributed by atoms with E-state index in [1.54, 1.807) is 23.9 Å². The van der Waals surface area contributed by atoms with Crippen LogP contribution in [0.3, 0.4) is 0 Å². The van der Waals surface area contributed by atoms with E-state index in [2.05, 4.69) is 10.6 Å². The summed E-state index contributed by atoms with van der Waals surface area (Å²) in [5.74, 6) is 0. The summed E-state index contributed by atoms with van der Waals surface area (Å²) in [6, 6.07) is 13.2. The summed E-state index contributed by atoms with van der Waals surface area (Å²) in [7, 11) is 0. The minimum absolute atomic E-state index is 0.446. The molecule has 0 fully saturated rings. The molecule has 3 rings (SSSR count). The van der Waals surface area contributed by atoms with Gasteiger partial charge in [0.2, 0.25) is 0 Å². The van der Waals surface area contributed by atoms with Crippen molar-refractivity contribution in [2.45, 2.75) is 9.79 Å². The Morgan fingerprint density at radius 3 is 2.72 bits per heavy atom. The highest BCUT2D eigenvalue weighted by Gasteiger charge is 2.18. The number of anilines is 3. The lowest BCUT2D eigenvalue weighted by molar-refractivity contribution is 0.235. The van der Waals surface area contributed by atoms with E-state index in [4.69, 9.17) is 0 Å². The number of fused-ring (bicyclic) bond motifs is 2. The second-order valence-electron chi connectivity index (χ2n) is 3.80. The van der Waals surface area contributed by atoms with E-state index < -0.39 is 6.16 Å². The highest BCUT2D eigenvalue weighted by molar-refractivity contribution is 7.99. The van der Waals surface area contributed by atoms with Crippen molar-refractivity contribution in [3.8, 4) is 0 Å². The minimum Gasteiger partial charge on any atom is -0.352 e. The van der Waals surface area contributed by atoms with Crippen LogP contribution < -0.4 is 10.6 Å². The zero-order valence-corrected chi connectivity index (χ0v) is 10.1. The Bertz CT molecular complexity index is 630. The lowest BCUT2D eigenvalue weighted by atomic mass is 10.2. The molecule has 0 saturated carbocycles. The van der Waals surface area contributed by atoms with Crippen LogP contribution in [0, 0.1) is 0 Å². The van der Waals surface area contributed by atoms with Gasteiger partial charge in [-0.15, -0.1) is 4.39 Å². The van der Waals surface area contributed by atoms with Gasteiger partial charge in [-0.2, -0.15) is 0 Å². The van der Waals surface area contributed by atoms with Crippen molar-refractivity contribution in [3.63, 3.8) is 0 Å². The molecule has 2 aromatic rings. The van der Waals surface area contributed by atoms with Crippen LogP contribution in [-0.2, 0) is 0 Å². The Hall–Kier alpha value is -2.01. The molecule has 5 heteroatoms. The maximum atomic E-state index is 12.5. The van der Waals surface area contributed by atoms with Crippen LogP contribution in [0.25, 0.3) is 0 Å². The van der Waals surface area contributed by atoms with Crippen molar-refractivity contribution in [1.82, 2.24) is 0 Å². The van der Waals surface area contributed by atoms with Gasteiger partial charge in [0.05, 0.1) is 17.1 Å². The fraction of sp³-hybridized carbons (Fsp3) is 0. The fourth-order valence-corrected chi connectivity index (χ4v) is 2.89. The fourth-order valence-electron chi connectivity index (χ4n) is 1.87. The van der Waals surface area contributed by atoms with Crippen molar-refractivity contribution >= 4 is 35.0 Å². The highest BCUT2D eigenvalue weighted by Crippen LogP contribution is 2.46. The summed E-state index contributed by atoms with van der Waals surface area (Å²) < 4.78 is 12.5. The Labute approximate surface area is 107 Å². The first-order valence-electron chi connectivity index (χ1n) is 5.37. The van der Waals surface area contributed by atoms with E-state index in [-0.39, 0.29) is 0 Å². The van der Waals surface area contributed by atoms with Crippen LogP contribution in [0.2, 0.25) is 0 Å². The van der Waals surface area contributed by atoms with Gasteiger partial charge < -0.3 is 5.32 Å². The zero-order valence-electron chi connectivity index (χ0n) is 9.24. The molecule has 1 aliphatic heterocycles. The second kappa shape index (κ2) is 4.34. The van der Waals surface area contributed by atoms with Crippen LogP contribution in [0.5, 0.6) is 0 Å². The molecule has 0 saturated heterocycles. The molecule has 1 heterocycles. The molecular formula is C13H9FN2OS. The maximum Gasteiger partial charge on any atom is 0.401 e. The number of carbonyl (C=O) groups is 1. The van der Waals surface area contributed by atoms with Crippen molar-refractivity contribution in [3.05, 3.63) is 42.5 Å². The summed E-state index contributed by atoms with van der Waals surface area (Å²) in [6.45, 7) is 0. The van der Waals surface area contributed by atoms with Crippen LogP contribution in [0.4, 0.5) is 26.2 Å². The van der Waals surface area contributed by atoms with Crippen LogP contribution in [0.1, 0.15) is 0 Å². The summed E-state index contributed by atoms with van der Waals surface area (Å²) in [4.78, 5) is 12.6. The summed E-state index contributed by atoms with van der Waals surface area (Å²) in [5, 5.41) is 5.39. The summed E-state index contributed by atoms with van der Waals surface area (Å²) in [5.41, 5.74) is 2.13. The Kier molecular flexibility index (Phi) is 2.68. The van der Waals surface area contributed by atoms with Gasteiger partial charge >= 0.3 is 6.16 Å². The predicted octanol–water partition coefficient (Wildman–Crippen LogP) is 4.40. The molecule has 2 aromatic carbocycles. The third-order valence-electron chi connectivity index (χ3n) is 2.63. The van der Waals surface area contributed by atoms with Gasteiger partial charge in [0.25, 0.3) is 0 Å². The number of halogens is 1. The Morgan fingerprint density at radius 2 is 1.89 bits per heavy atom. The van der Waals surface area contributed by atoms with Gasteiger partial charge in [-0.25, -0.2) is 4.79 Å². The maximum absolute atomic E-state index is 12.5. The Balaban J connectivity index is 2.04. The predicted molar refractivity (Wildman–Crippen MR) is 70.4 cm³/mol. The lowest BCUT2D eigenvalue weighted by Gasteiger charge is -2.22. The van der Waals surface area contributed by atoms with Gasteiger partial charge in [0.1, 0.15) is 0 Å². The van der Waals surface area contributed by atoms with Gasteiger partial charge in [-0.1, -0.05) is 30.0 Å². The van der Waals surface area contributed by atoms with E-state index in [0.717, 1.165) is 21.2 Å². The molecule has 2 N–H and O–H groups in total. The lowest BCUT2D eigenvalue weighted by Crippen LogP contribution is -2.08. The van der Waals surface area contributed by atoms with E-state index in [1.807, 2.05) is 30.3 Å². The molecule has 0 spiro atoms. The van der Waals surface area contributed by atoms with E-state index >= 15 is 0 Å². The molecular weight excluding hydrogens is 251 g/mol. The Morgan fingerprint density at radius 1 is 1.11 bits per heavy atom. The number of rotatable bonds is 1. The summed E-state index contributed by atoms with van der Waals surface area (Å²) in [6.07, 6.45) is -1.56. The number of para-hydroxylation sites is 2. The highest BCUT2D eigenvalue weighted by atomic mass is 32.2. The van der Waals surface area contributed by atoms with E-state index in [0.29, 0.717) is 5.69 Å². The monoisotopic (exact) mass is 260 g/mol. The van der Waals surface area contributed by atoms with Crippen molar-refractivity contribution in [2.75, 3.05) is 10.6 Å². The third kappa shape index (κ3) is 1.93. The molecule has 0 bridgehead atoms. The van der Waals surface area contributed by atoms with Gasteiger partial charge in [0.15, 0.2) is 0 Å². The quantitative estimate of drug-likeness (QED) is 0.503. The molecule has 0 atom stereocenters. The van der Waals surface area contributed by atoms with Gasteiger partial charge in [-0.3, -0.25) is 5.32 Å². The normalized spacial score (nSPS) is 12.1. The number of nitrogens with one attached hydrogen (secondary N) is 2. The largest absolute Gasteiger partial charge is 0.401 e. The molecule has 1 aliphatic rings. The minimum atomic E-state index is -1.56. The van der Waals surface area contributed by atoms with Crippen LogP contribution >= 0.6 is 11.8 Å². The van der Waals surface area contributed by atoms with Crippen molar-refractivity contribution < 1.29 is 9.18 Å². The van der Waals surface area contributed by atoms with Crippen molar-refractivity contribution in [2.24, 2.45) is 0 Å². The van der Waals surface area contributed by atoms with Gasteiger partial charge in [-0.05, 0) is 24.3 Å². The number of hydrogen-bond acceptors (Lipinski definition) is 3. The van der Waals surface area contributed by atoms with E-state index in [1.165, 1.54) is 0 Å². The first-order chi connectivity index (χ1) is 8.74.